The Morgan fingerprint density at radius 2 is 1.44 bits per heavy atom. The van der Waals surface area contributed by atoms with Gasteiger partial charge in [-0.15, -0.1) is 0 Å². The van der Waals surface area contributed by atoms with Crippen molar-refractivity contribution in [2.45, 2.75) is 26.7 Å². The second kappa shape index (κ2) is 12.6. The van der Waals surface area contributed by atoms with Crippen LogP contribution in [0.1, 0.15) is 32.3 Å². The second-order valence-corrected chi connectivity index (χ2v) is 9.44. The molecule has 3 rings (SSSR count). The number of rotatable bonds is 9. The average Bonchev–Trinajstić information content (AvgIpc) is 2.87. The smallest absolute Gasteiger partial charge is 0.132 e. The number of anilines is 1. The number of allylic oxidation sites excluding steroid dienone is 5. The summed E-state index contributed by atoms with van der Waals surface area (Å²) in [4.78, 5) is 1.90. The number of aliphatic hydroxyl groups excluding tert-OH is 2. The summed E-state index contributed by atoms with van der Waals surface area (Å²) in [5, 5.41) is 45.5. The molecule has 2 aromatic carbocycles. The molecule has 2 N–H and O–H groups in total. The highest BCUT2D eigenvalue weighted by Gasteiger charge is 2.26. The Hall–Kier alpha value is -4.04. The molecule has 0 unspecified atom stereocenters. The molecule has 0 radical (unpaired) electrons. The molecule has 36 heavy (non-hydrogen) atoms. The van der Waals surface area contributed by atoms with Gasteiger partial charge < -0.3 is 15.1 Å². The van der Waals surface area contributed by atoms with Crippen molar-refractivity contribution in [3.63, 3.8) is 0 Å². The van der Waals surface area contributed by atoms with E-state index in [0.29, 0.717) is 25.2 Å². The van der Waals surface area contributed by atoms with Gasteiger partial charge in [0.25, 0.3) is 0 Å². The molecule has 0 heterocycles. The molecule has 0 amide bonds. The Morgan fingerprint density at radius 1 is 0.889 bits per heavy atom. The molecule has 0 saturated carbocycles. The molecule has 0 spiro atoms. The number of nitrogens with zero attached hydrogens (tertiary/aromatic N) is 5. The van der Waals surface area contributed by atoms with Crippen LogP contribution in [-0.4, -0.2) is 36.5 Å². The lowest BCUT2D eigenvalue weighted by Gasteiger charge is -2.30. The fourth-order valence-electron chi connectivity index (χ4n) is 4.21. The lowest BCUT2D eigenvalue weighted by atomic mass is 9.74. The number of azo groups is 1. The van der Waals surface area contributed by atoms with Crippen LogP contribution in [0.25, 0.3) is 6.08 Å². The van der Waals surface area contributed by atoms with Gasteiger partial charge in [0.1, 0.15) is 17.7 Å². The van der Waals surface area contributed by atoms with E-state index in [2.05, 4.69) is 24.1 Å². The molecule has 2 aromatic rings. The third-order valence-electron chi connectivity index (χ3n) is 5.87. The first kappa shape index (κ1) is 26.6. The third kappa shape index (κ3) is 7.48. The SMILES string of the molecule is CC1(C)CC(/C=C/c2ccc(N=Nc3ccc(N(CCO)CCO)cc3)cc2)=CC(=C(C#N)C#N)C1. The van der Waals surface area contributed by atoms with Crippen molar-refractivity contribution in [3.8, 4) is 12.1 Å². The van der Waals surface area contributed by atoms with Gasteiger partial charge in [-0.3, -0.25) is 0 Å². The zero-order chi connectivity index (χ0) is 26.0. The summed E-state index contributed by atoms with van der Waals surface area (Å²) in [6.07, 6.45) is 7.62. The molecule has 1 aliphatic carbocycles. The van der Waals surface area contributed by atoms with E-state index in [1.165, 1.54) is 0 Å². The molecular weight excluding hydrogens is 450 g/mol. The van der Waals surface area contributed by atoms with Crippen LogP contribution in [0, 0.1) is 28.1 Å². The summed E-state index contributed by atoms with van der Waals surface area (Å²) in [6, 6.07) is 19.2. The van der Waals surface area contributed by atoms with E-state index in [9.17, 15) is 20.7 Å². The Balaban J connectivity index is 1.67. The Labute approximate surface area is 212 Å². The van der Waals surface area contributed by atoms with Gasteiger partial charge in [0.05, 0.1) is 24.6 Å². The number of benzene rings is 2. The Kier molecular flexibility index (Phi) is 9.30. The molecule has 0 aliphatic heterocycles. The maximum absolute atomic E-state index is 9.25. The number of hydrogen-bond acceptors (Lipinski definition) is 7. The molecule has 1 aliphatic rings. The van der Waals surface area contributed by atoms with Crippen molar-refractivity contribution in [2.24, 2.45) is 15.6 Å². The lowest BCUT2D eigenvalue weighted by Crippen LogP contribution is -2.29. The van der Waals surface area contributed by atoms with E-state index in [1.807, 2.05) is 83.8 Å². The van der Waals surface area contributed by atoms with Crippen LogP contribution in [0.2, 0.25) is 0 Å². The largest absolute Gasteiger partial charge is 0.395 e. The minimum Gasteiger partial charge on any atom is -0.395 e. The highest BCUT2D eigenvalue weighted by Crippen LogP contribution is 2.39. The van der Waals surface area contributed by atoms with Gasteiger partial charge in [0.15, 0.2) is 0 Å². The van der Waals surface area contributed by atoms with Crippen molar-refractivity contribution in [1.29, 1.82) is 10.5 Å². The zero-order valence-electron chi connectivity index (χ0n) is 20.7. The number of hydrogen-bond donors (Lipinski definition) is 2. The monoisotopic (exact) mass is 481 g/mol. The van der Waals surface area contributed by atoms with Crippen molar-refractivity contribution in [1.82, 2.24) is 0 Å². The summed E-state index contributed by atoms with van der Waals surface area (Å²) in [6.45, 7) is 5.24. The van der Waals surface area contributed by atoms with Crippen LogP contribution in [-0.2, 0) is 0 Å². The molecular formula is C29H31N5O2. The fourth-order valence-corrected chi connectivity index (χ4v) is 4.21. The molecule has 0 saturated heterocycles. The van der Waals surface area contributed by atoms with Gasteiger partial charge >= 0.3 is 0 Å². The third-order valence-corrected chi connectivity index (χ3v) is 5.87. The standard InChI is InChI=1S/C29H31N5O2/c1-29(2)18-23(17-24(19-29)25(20-30)21-31)4-3-22-5-7-26(8-6-22)32-33-27-9-11-28(12-10-27)34(13-15-35)14-16-36/h3-12,17,35-36H,13-16,18-19H2,1-2H3/b4-3+,33-32?. The highest BCUT2D eigenvalue weighted by molar-refractivity contribution is 5.58. The maximum Gasteiger partial charge on any atom is 0.132 e. The van der Waals surface area contributed by atoms with Crippen LogP contribution >= 0.6 is 0 Å². The highest BCUT2D eigenvalue weighted by atomic mass is 16.3. The fraction of sp³-hybridized carbons (Fsp3) is 0.310. The molecule has 0 atom stereocenters. The molecule has 0 fully saturated rings. The first-order valence-electron chi connectivity index (χ1n) is 11.9. The van der Waals surface area contributed by atoms with Gasteiger partial charge in [-0.1, -0.05) is 44.2 Å². The van der Waals surface area contributed by atoms with E-state index >= 15 is 0 Å². The van der Waals surface area contributed by atoms with Crippen molar-refractivity contribution in [2.75, 3.05) is 31.2 Å². The van der Waals surface area contributed by atoms with Crippen LogP contribution in [0.15, 0.2) is 87.6 Å². The van der Waals surface area contributed by atoms with Crippen LogP contribution in [0.5, 0.6) is 0 Å². The summed E-state index contributed by atoms with van der Waals surface area (Å²) >= 11 is 0. The van der Waals surface area contributed by atoms with E-state index < -0.39 is 0 Å². The van der Waals surface area contributed by atoms with Crippen LogP contribution < -0.4 is 4.90 Å². The first-order valence-corrected chi connectivity index (χ1v) is 11.9. The summed E-state index contributed by atoms with van der Waals surface area (Å²) in [5.41, 5.74) is 5.43. The predicted molar refractivity (Wildman–Crippen MR) is 142 cm³/mol. The van der Waals surface area contributed by atoms with E-state index in [1.54, 1.807) is 0 Å². The van der Waals surface area contributed by atoms with Gasteiger partial charge in [-0.05, 0) is 71.4 Å². The van der Waals surface area contributed by atoms with E-state index in [-0.39, 0.29) is 24.2 Å². The quantitative estimate of drug-likeness (QED) is 0.337. The summed E-state index contributed by atoms with van der Waals surface area (Å²) < 4.78 is 0. The lowest BCUT2D eigenvalue weighted by molar-refractivity contribution is 0.281. The van der Waals surface area contributed by atoms with Crippen LogP contribution in [0.3, 0.4) is 0 Å². The van der Waals surface area contributed by atoms with Gasteiger partial charge in [0, 0.05) is 18.8 Å². The minimum atomic E-state index is -0.0128. The minimum absolute atomic E-state index is 0.0128. The summed E-state index contributed by atoms with van der Waals surface area (Å²) in [7, 11) is 0. The van der Waals surface area contributed by atoms with E-state index in [0.717, 1.165) is 34.5 Å². The van der Waals surface area contributed by atoms with Gasteiger partial charge in [-0.2, -0.15) is 20.8 Å². The van der Waals surface area contributed by atoms with Crippen molar-refractivity contribution < 1.29 is 10.2 Å². The van der Waals surface area contributed by atoms with Crippen molar-refractivity contribution >= 4 is 23.1 Å². The normalized spacial score (nSPS) is 14.9. The topological polar surface area (TPSA) is 116 Å². The van der Waals surface area contributed by atoms with Gasteiger partial charge in [0.2, 0.25) is 0 Å². The van der Waals surface area contributed by atoms with Crippen molar-refractivity contribution in [3.05, 3.63) is 83.0 Å². The summed E-state index contributed by atoms with van der Waals surface area (Å²) in [5.74, 6) is 0. The molecule has 184 valence electrons. The number of aliphatic hydroxyl groups is 2. The average molecular weight is 482 g/mol. The van der Waals surface area contributed by atoms with Crippen LogP contribution in [0.4, 0.5) is 17.1 Å². The maximum atomic E-state index is 9.25. The number of nitriles is 2. The second-order valence-electron chi connectivity index (χ2n) is 9.44. The molecule has 7 nitrogen and oxygen atoms in total. The molecule has 7 heteroatoms. The van der Waals surface area contributed by atoms with E-state index in [4.69, 9.17) is 0 Å². The van der Waals surface area contributed by atoms with Gasteiger partial charge in [-0.25, -0.2) is 0 Å². The predicted octanol–water partition coefficient (Wildman–Crippen LogP) is 6.00. The zero-order valence-corrected chi connectivity index (χ0v) is 20.7. The Bertz CT molecular complexity index is 1220. The molecule has 0 bridgehead atoms. The Morgan fingerprint density at radius 3 is 1.97 bits per heavy atom. The molecule has 0 aromatic heterocycles. The first-order chi connectivity index (χ1) is 17.4.